The predicted octanol–water partition coefficient (Wildman–Crippen LogP) is 3.99. The van der Waals surface area contributed by atoms with Crippen molar-refractivity contribution in [2.45, 2.75) is 63.7 Å². The second kappa shape index (κ2) is 10.7. The number of unbranched alkanes of at least 4 members (excludes halogenated alkanes) is 4. The Morgan fingerprint density at radius 3 is 2.69 bits per heavy atom. The van der Waals surface area contributed by atoms with Gasteiger partial charge in [-0.05, 0) is 43.7 Å². The van der Waals surface area contributed by atoms with Crippen LogP contribution in [0.5, 0.6) is 6.01 Å². The van der Waals surface area contributed by atoms with Crippen LogP contribution >= 0.6 is 0 Å². The fourth-order valence-electron chi connectivity index (χ4n) is 3.74. The molecule has 0 unspecified atom stereocenters. The normalized spacial score (nSPS) is 14.0. The van der Waals surface area contributed by atoms with Crippen LogP contribution < -0.4 is 10.1 Å². The molecule has 1 aliphatic heterocycles. The first-order valence-electron chi connectivity index (χ1n) is 10.5. The number of methoxy groups -OCH3 is 1. The lowest BCUT2D eigenvalue weighted by Crippen LogP contribution is -2.14. The second-order valence-electron chi connectivity index (χ2n) is 7.54. The average molecular weight is 399 g/mol. The SMILES string of the molecule is COc1ncc([C@H](CCCCCCCc2ccc3c(n2)NCCC3)C(=O)O)cn1. The molecule has 0 fully saturated rings. The number of anilines is 1. The van der Waals surface area contributed by atoms with Crippen LogP contribution in [-0.2, 0) is 17.6 Å². The maximum atomic E-state index is 11.6. The van der Waals surface area contributed by atoms with Gasteiger partial charge in [0, 0.05) is 30.2 Å². The third kappa shape index (κ3) is 6.14. The van der Waals surface area contributed by atoms with Gasteiger partial charge in [-0.1, -0.05) is 31.7 Å². The number of nitrogens with one attached hydrogen (secondary N) is 1. The largest absolute Gasteiger partial charge is 0.481 e. The number of hydrogen-bond donors (Lipinski definition) is 2. The zero-order valence-corrected chi connectivity index (χ0v) is 17.1. The molecule has 2 aromatic heterocycles. The van der Waals surface area contributed by atoms with E-state index < -0.39 is 11.9 Å². The summed E-state index contributed by atoms with van der Waals surface area (Å²) in [5.74, 6) is -0.324. The minimum Gasteiger partial charge on any atom is -0.481 e. The second-order valence-corrected chi connectivity index (χ2v) is 7.54. The van der Waals surface area contributed by atoms with Crippen LogP contribution in [0.15, 0.2) is 24.5 Å². The topological polar surface area (TPSA) is 97.2 Å². The van der Waals surface area contributed by atoms with E-state index in [9.17, 15) is 9.90 Å². The summed E-state index contributed by atoms with van der Waals surface area (Å²) in [5.41, 5.74) is 3.12. The molecule has 1 atom stereocenters. The van der Waals surface area contributed by atoms with Gasteiger partial charge in [0.05, 0.1) is 13.0 Å². The van der Waals surface area contributed by atoms with Crippen molar-refractivity contribution < 1.29 is 14.6 Å². The molecular formula is C22H30N4O3. The van der Waals surface area contributed by atoms with E-state index in [1.807, 2.05) is 0 Å². The molecule has 0 amide bonds. The molecule has 0 saturated carbocycles. The lowest BCUT2D eigenvalue weighted by Gasteiger charge is -2.17. The molecule has 7 nitrogen and oxygen atoms in total. The summed E-state index contributed by atoms with van der Waals surface area (Å²) < 4.78 is 4.93. The highest BCUT2D eigenvalue weighted by atomic mass is 16.5. The number of aryl methyl sites for hydroxylation is 2. The summed E-state index contributed by atoms with van der Waals surface area (Å²) in [4.78, 5) is 24.4. The molecule has 156 valence electrons. The molecule has 2 N–H and O–H groups in total. The first kappa shape index (κ1) is 21.0. The summed E-state index contributed by atoms with van der Waals surface area (Å²) in [5, 5.41) is 12.9. The Morgan fingerprint density at radius 1 is 1.17 bits per heavy atom. The number of ether oxygens (including phenoxy) is 1. The van der Waals surface area contributed by atoms with E-state index in [-0.39, 0.29) is 6.01 Å². The monoisotopic (exact) mass is 398 g/mol. The zero-order chi connectivity index (χ0) is 20.5. The number of aliphatic carboxylic acids is 1. The molecule has 3 heterocycles. The van der Waals surface area contributed by atoms with E-state index in [2.05, 4.69) is 27.4 Å². The standard InChI is InChI=1S/C22H30N4O3/c1-29-22-24-14-17(15-25-22)19(21(27)28)10-6-4-2-3-5-9-18-12-11-16-8-7-13-23-20(16)26-18/h11-12,14-15,19H,2-10,13H2,1H3,(H,23,26)(H,27,28)/t19-/m0/s1. The van der Waals surface area contributed by atoms with Crippen LogP contribution in [0.25, 0.3) is 0 Å². The van der Waals surface area contributed by atoms with E-state index in [1.165, 1.54) is 19.1 Å². The molecule has 0 aliphatic carbocycles. The molecule has 0 saturated heterocycles. The lowest BCUT2D eigenvalue weighted by atomic mass is 9.95. The van der Waals surface area contributed by atoms with Crippen molar-refractivity contribution in [3.63, 3.8) is 0 Å². The van der Waals surface area contributed by atoms with Crippen molar-refractivity contribution in [3.8, 4) is 6.01 Å². The first-order chi connectivity index (χ1) is 14.2. The molecule has 29 heavy (non-hydrogen) atoms. The number of pyridine rings is 1. The summed E-state index contributed by atoms with van der Waals surface area (Å²) in [6.07, 6.45) is 12.3. The van der Waals surface area contributed by atoms with E-state index in [1.54, 1.807) is 12.4 Å². The van der Waals surface area contributed by atoms with Crippen LogP contribution in [-0.4, -0.2) is 39.7 Å². The van der Waals surface area contributed by atoms with Crippen molar-refractivity contribution in [2.75, 3.05) is 19.0 Å². The third-order valence-corrected chi connectivity index (χ3v) is 5.41. The molecule has 0 spiro atoms. The molecule has 0 radical (unpaired) electrons. The van der Waals surface area contributed by atoms with Crippen LogP contribution in [0.2, 0.25) is 0 Å². The van der Waals surface area contributed by atoms with Crippen molar-refractivity contribution >= 4 is 11.8 Å². The van der Waals surface area contributed by atoms with E-state index in [0.717, 1.165) is 63.0 Å². The molecule has 0 aromatic carbocycles. The smallest absolute Gasteiger partial charge is 0.316 e. The van der Waals surface area contributed by atoms with Gasteiger partial charge in [0.25, 0.3) is 0 Å². The molecule has 1 aliphatic rings. The number of rotatable bonds is 11. The van der Waals surface area contributed by atoms with Gasteiger partial charge in [0.15, 0.2) is 0 Å². The maximum Gasteiger partial charge on any atom is 0.316 e. The summed E-state index contributed by atoms with van der Waals surface area (Å²) in [7, 11) is 1.49. The maximum absolute atomic E-state index is 11.6. The Hall–Kier alpha value is -2.70. The lowest BCUT2D eigenvalue weighted by molar-refractivity contribution is -0.139. The van der Waals surface area contributed by atoms with Crippen molar-refractivity contribution in [2.24, 2.45) is 0 Å². The van der Waals surface area contributed by atoms with Crippen LogP contribution in [0.1, 0.15) is 67.7 Å². The highest BCUT2D eigenvalue weighted by molar-refractivity contribution is 5.75. The number of nitrogens with zero attached hydrogens (tertiary/aromatic N) is 3. The average Bonchev–Trinajstić information content (AvgIpc) is 2.75. The fraction of sp³-hybridized carbons (Fsp3) is 0.545. The van der Waals surface area contributed by atoms with Gasteiger partial charge in [-0.25, -0.2) is 15.0 Å². The van der Waals surface area contributed by atoms with E-state index in [0.29, 0.717) is 12.0 Å². The third-order valence-electron chi connectivity index (χ3n) is 5.41. The highest BCUT2D eigenvalue weighted by Crippen LogP contribution is 2.24. The number of hydrogen-bond acceptors (Lipinski definition) is 6. The van der Waals surface area contributed by atoms with Gasteiger partial charge in [-0.2, -0.15) is 0 Å². The number of carbonyl (C=O) groups is 1. The Balaban J connectivity index is 1.34. The number of carboxylic acid groups (broad SMARTS) is 1. The van der Waals surface area contributed by atoms with Crippen LogP contribution in [0, 0.1) is 0 Å². The molecular weight excluding hydrogens is 368 g/mol. The van der Waals surface area contributed by atoms with Gasteiger partial charge in [-0.3, -0.25) is 4.79 Å². The van der Waals surface area contributed by atoms with E-state index in [4.69, 9.17) is 9.72 Å². The Labute approximate surface area is 172 Å². The quantitative estimate of drug-likeness (QED) is 0.552. The molecule has 3 rings (SSSR count). The minimum atomic E-state index is -0.828. The molecule has 0 bridgehead atoms. The Bertz CT molecular complexity index is 795. The minimum absolute atomic E-state index is 0.252. The van der Waals surface area contributed by atoms with Crippen LogP contribution in [0.3, 0.4) is 0 Å². The zero-order valence-electron chi connectivity index (χ0n) is 17.1. The van der Waals surface area contributed by atoms with Crippen LogP contribution in [0.4, 0.5) is 5.82 Å². The Morgan fingerprint density at radius 2 is 1.93 bits per heavy atom. The summed E-state index contributed by atoms with van der Waals surface area (Å²) >= 11 is 0. The van der Waals surface area contributed by atoms with Gasteiger partial charge < -0.3 is 15.2 Å². The molecule has 2 aromatic rings. The van der Waals surface area contributed by atoms with Gasteiger partial charge in [0.2, 0.25) is 0 Å². The number of carboxylic acids is 1. The number of aromatic nitrogens is 3. The first-order valence-corrected chi connectivity index (χ1v) is 10.5. The van der Waals surface area contributed by atoms with E-state index >= 15 is 0 Å². The highest BCUT2D eigenvalue weighted by Gasteiger charge is 2.20. The summed E-state index contributed by atoms with van der Waals surface area (Å²) in [6.45, 7) is 1.02. The fourth-order valence-corrected chi connectivity index (χ4v) is 3.74. The summed E-state index contributed by atoms with van der Waals surface area (Å²) in [6, 6.07) is 4.61. The van der Waals surface area contributed by atoms with Crippen molar-refractivity contribution in [1.29, 1.82) is 0 Å². The molecule has 7 heteroatoms. The van der Waals surface area contributed by atoms with Crippen molar-refractivity contribution in [1.82, 2.24) is 15.0 Å². The Kier molecular flexibility index (Phi) is 7.78. The van der Waals surface area contributed by atoms with Gasteiger partial charge in [-0.15, -0.1) is 0 Å². The van der Waals surface area contributed by atoms with Crippen molar-refractivity contribution in [3.05, 3.63) is 41.3 Å². The predicted molar refractivity (Wildman–Crippen MR) is 111 cm³/mol. The van der Waals surface area contributed by atoms with Gasteiger partial charge >= 0.3 is 12.0 Å². The van der Waals surface area contributed by atoms with Gasteiger partial charge in [0.1, 0.15) is 5.82 Å². The number of fused-ring (bicyclic) bond motifs is 1.